The number of rotatable bonds is 2. The Hall–Kier alpha value is -0.830. The second-order valence-corrected chi connectivity index (χ2v) is 3.11. The van der Waals surface area contributed by atoms with Crippen molar-refractivity contribution in [3.05, 3.63) is 11.6 Å². The van der Waals surface area contributed by atoms with Gasteiger partial charge in [-0.25, -0.2) is 4.79 Å². The summed E-state index contributed by atoms with van der Waals surface area (Å²) in [6.07, 6.45) is 3.21. The molecule has 1 heterocycles. The summed E-state index contributed by atoms with van der Waals surface area (Å²) in [7, 11) is 0. The third kappa shape index (κ3) is 2.66. The minimum atomic E-state index is -0.848. The molecule has 3 nitrogen and oxygen atoms in total. The molecule has 68 valence electrons. The maximum absolute atomic E-state index is 10.3. The molecule has 3 heteroatoms. The summed E-state index contributed by atoms with van der Waals surface area (Å²) in [5.74, 6) is -0.436. The highest BCUT2D eigenvalue weighted by atomic mass is 16.5. The van der Waals surface area contributed by atoms with Crippen LogP contribution in [0.15, 0.2) is 11.6 Å². The van der Waals surface area contributed by atoms with Crippen LogP contribution in [0.3, 0.4) is 0 Å². The van der Waals surface area contributed by atoms with Crippen LogP contribution in [-0.2, 0) is 9.53 Å². The van der Waals surface area contributed by atoms with Crippen LogP contribution in [0.1, 0.15) is 19.8 Å². The van der Waals surface area contributed by atoms with Gasteiger partial charge >= 0.3 is 5.97 Å². The van der Waals surface area contributed by atoms with Gasteiger partial charge in [0.1, 0.15) is 0 Å². The number of aliphatic carboxylic acids is 1. The quantitative estimate of drug-likeness (QED) is 0.638. The smallest absolute Gasteiger partial charge is 0.328 e. The summed E-state index contributed by atoms with van der Waals surface area (Å²) in [5.41, 5.74) is 0.964. The fourth-order valence-electron chi connectivity index (χ4n) is 1.47. The molecule has 0 aromatic rings. The second kappa shape index (κ2) is 4.26. The maximum atomic E-state index is 10.3. The summed E-state index contributed by atoms with van der Waals surface area (Å²) < 4.78 is 5.18. The van der Waals surface area contributed by atoms with Crippen molar-refractivity contribution in [2.24, 2.45) is 5.92 Å². The van der Waals surface area contributed by atoms with Gasteiger partial charge < -0.3 is 9.84 Å². The van der Waals surface area contributed by atoms with E-state index in [2.05, 4.69) is 0 Å². The highest BCUT2D eigenvalue weighted by molar-refractivity contribution is 5.80. The number of allylic oxidation sites excluding steroid dienone is 1. The first kappa shape index (κ1) is 9.26. The molecule has 1 fully saturated rings. The number of carbonyl (C=O) groups is 1. The molecule has 1 N–H and O–H groups in total. The molecule has 0 unspecified atom stereocenters. The standard InChI is InChI=1S/C9H14O3/c1-7(6-9(10)11)8-2-4-12-5-3-8/h6,8H,2-5H2,1H3,(H,10,11)/b7-6+. The Kier molecular flexibility index (Phi) is 3.29. The van der Waals surface area contributed by atoms with Gasteiger partial charge in [0.2, 0.25) is 0 Å². The molecule has 0 atom stereocenters. The van der Waals surface area contributed by atoms with Gasteiger partial charge in [0, 0.05) is 19.3 Å². The molecule has 0 aromatic heterocycles. The Balaban J connectivity index is 2.49. The zero-order valence-electron chi connectivity index (χ0n) is 7.25. The Bertz CT molecular complexity index is 190. The first-order chi connectivity index (χ1) is 5.70. The van der Waals surface area contributed by atoms with Crippen molar-refractivity contribution in [3.63, 3.8) is 0 Å². The highest BCUT2D eigenvalue weighted by Gasteiger charge is 2.15. The van der Waals surface area contributed by atoms with Crippen molar-refractivity contribution < 1.29 is 14.6 Å². The molecule has 1 aliphatic heterocycles. The van der Waals surface area contributed by atoms with E-state index in [1.54, 1.807) is 0 Å². The van der Waals surface area contributed by atoms with Gasteiger partial charge in [0.25, 0.3) is 0 Å². The number of carboxylic acids is 1. The lowest BCUT2D eigenvalue weighted by atomic mass is 9.92. The van der Waals surface area contributed by atoms with Crippen LogP contribution < -0.4 is 0 Å². The molecular formula is C9H14O3. The predicted molar refractivity (Wildman–Crippen MR) is 44.9 cm³/mol. The van der Waals surface area contributed by atoms with Gasteiger partial charge in [-0.15, -0.1) is 0 Å². The largest absolute Gasteiger partial charge is 0.478 e. The molecular weight excluding hydrogens is 156 g/mol. The Morgan fingerprint density at radius 1 is 1.50 bits per heavy atom. The third-order valence-electron chi connectivity index (χ3n) is 2.22. The van der Waals surface area contributed by atoms with Crippen LogP contribution in [0.5, 0.6) is 0 Å². The lowest BCUT2D eigenvalue weighted by Crippen LogP contribution is -2.17. The number of hydrogen-bond donors (Lipinski definition) is 1. The Morgan fingerprint density at radius 2 is 2.08 bits per heavy atom. The van der Waals surface area contributed by atoms with Gasteiger partial charge in [0.05, 0.1) is 0 Å². The molecule has 1 rings (SSSR count). The summed E-state index contributed by atoms with van der Waals surface area (Å²) in [6.45, 7) is 3.40. The summed E-state index contributed by atoms with van der Waals surface area (Å²) in [6, 6.07) is 0. The molecule has 12 heavy (non-hydrogen) atoms. The van der Waals surface area contributed by atoms with Crippen molar-refractivity contribution in [2.45, 2.75) is 19.8 Å². The third-order valence-corrected chi connectivity index (χ3v) is 2.22. The van der Waals surface area contributed by atoms with E-state index in [0.717, 1.165) is 31.6 Å². The van der Waals surface area contributed by atoms with Crippen molar-refractivity contribution in [3.8, 4) is 0 Å². The highest BCUT2D eigenvalue weighted by Crippen LogP contribution is 2.22. The van der Waals surface area contributed by atoms with E-state index in [1.165, 1.54) is 6.08 Å². The Labute approximate surface area is 72.0 Å². The van der Waals surface area contributed by atoms with E-state index < -0.39 is 5.97 Å². The molecule has 0 amide bonds. The molecule has 1 aliphatic rings. The van der Waals surface area contributed by atoms with Gasteiger partial charge in [-0.05, 0) is 25.7 Å². The number of hydrogen-bond acceptors (Lipinski definition) is 2. The lowest BCUT2D eigenvalue weighted by molar-refractivity contribution is -0.131. The normalized spacial score (nSPS) is 20.9. The van der Waals surface area contributed by atoms with Crippen LogP contribution in [-0.4, -0.2) is 24.3 Å². The molecule has 0 spiro atoms. The van der Waals surface area contributed by atoms with Crippen molar-refractivity contribution in [2.75, 3.05) is 13.2 Å². The van der Waals surface area contributed by atoms with Crippen molar-refractivity contribution in [1.29, 1.82) is 0 Å². The summed E-state index contributed by atoms with van der Waals surface area (Å²) in [4.78, 5) is 10.3. The average molecular weight is 170 g/mol. The van der Waals surface area contributed by atoms with Crippen LogP contribution >= 0.6 is 0 Å². The maximum Gasteiger partial charge on any atom is 0.328 e. The van der Waals surface area contributed by atoms with Gasteiger partial charge in [-0.1, -0.05) is 5.57 Å². The topological polar surface area (TPSA) is 46.5 Å². The van der Waals surface area contributed by atoms with E-state index in [1.807, 2.05) is 6.92 Å². The van der Waals surface area contributed by atoms with E-state index in [9.17, 15) is 4.79 Å². The Morgan fingerprint density at radius 3 is 2.58 bits per heavy atom. The molecule has 0 radical (unpaired) electrons. The van der Waals surface area contributed by atoms with E-state index >= 15 is 0 Å². The average Bonchev–Trinajstić information content (AvgIpc) is 2.05. The van der Waals surface area contributed by atoms with E-state index in [-0.39, 0.29) is 0 Å². The minimum absolute atomic E-state index is 0.412. The monoisotopic (exact) mass is 170 g/mol. The zero-order valence-corrected chi connectivity index (χ0v) is 7.25. The minimum Gasteiger partial charge on any atom is -0.478 e. The van der Waals surface area contributed by atoms with Crippen LogP contribution in [0.4, 0.5) is 0 Å². The molecule has 0 aromatic carbocycles. The van der Waals surface area contributed by atoms with Gasteiger partial charge in [0.15, 0.2) is 0 Å². The van der Waals surface area contributed by atoms with E-state index in [4.69, 9.17) is 9.84 Å². The first-order valence-corrected chi connectivity index (χ1v) is 4.19. The lowest BCUT2D eigenvalue weighted by Gasteiger charge is -2.22. The second-order valence-electron chi connectivity index (χ2n) is 3.11. The van der Waals surface area contributed by atoms with Crippen LogP contribution in [0, 0.1) is 5.92 Å². The SMILES string of the molecule is C/C(=C\C(=O)O)C1CCOCC1. The van der Waals surface area contributed by atoms with Crippen LogP contribution in [0.2, 0.25) is 0 Å². The molecule has 0 bridgehead atoms. The zero-order chi connectivity index (χ0) is 8.97. The summed E-state index contributed by atoms with van der Waals surface area (Å²) >= 11 is 0. The predicted octanol–water partition coefficient (Wildman–Crippen LogP) is 1.44. The van der Waals surface area contributed by atoms with Gasteiger partial charge in [-0.2, -0.15) is 0 Å². The molecule has 0 aliphatic carbocycles. The van der Waals surface area contributed by atoms with Crippen LogP contribution in [0.25, 0.3) is 0 Å². The van der Waals surface area contributed by atoms with Crippen molar-refractivity contribution in [1.82, 2.24) is 0 Å². The fourth-order valence-corrected chi connectivity index (χ4v) is 1.47. The van der Waals surface area contributed by atoms with Crippen molar-refractivity contribution >= 4 is 5.97 Å². The first-order valence-electron chi connectivity index (χ1n) is 4.19. The molecule has 0 saturated carbocycles. The number of ether oxygens (including phenoxy) is 1. The fraction of sp³-hybridized carbons (Fsp3) is 0.667. The van der Waals surface area contributed by atoms with E-state index in [0.29, 0.717) is 5.92 Å². The molecule has 1 saturated heterocycles. The summed E-state index contributed by atoms with van der Waals surface area (Å²) in [5, 5.41) is 8.51. The number of carboxylic acid groups (broad SMARTS) is 1. The van der Waals surface area contributed by atoms with Gasteiger partial charge in [-0.3, -0.25) is 0 Å².